The Morgan fingerprint density at radius 3 is 1.77 bits per heavy atom. The average Bonchev–Trinajstić information content (AvgIpc) is 2.02. The van der Waals surface area contributed by atoms with Crippen molar-refractivity contribution >= 4 is 0 Å². The molecule has 71 valence electrons. The molecule has 0 amide bonds. The van der Waals surface area contributed by atoms with Crippen molar-refractivity contribution in [3.8, 4) is 0 Å². The van der Waals surface area contributed by atoms with E-state index in [1.54, 1.807) is 0 Å². The zero-order valence-electron chi connectivity index (χ0n) is 8.08. The van der Waals surface area contributed by atoms with Crippen molar-refractivity contribution in [1.82, 2.24) is 0 Å². The summed E-state index contributed by atoms with van der Waals surface area (Å²) in [4.78, 5) is 0. The van der Waals surface area contributed by atoms with Crippen molar-refractivity contribution in [2.24, 2.45) is 23.7 Å². The molecule has 4 fully saturated rings. The van der Waals surface area contributed by atoms with E-state index >= 15 is 0 Å². The predicted octanol–water partition coefficient (Wildman–Crippen LogP) is 2.01. The second-order valence-electron chi connectivity index (χ2n) is 5.04. The summed E-state index contributed by atoms with van der Waals surface area (Å²) < 4.78 is 0. The van der Waals surface area contributed by atoms with Gasteiger partial charge >= 0.3 is 0 Å². The normalized spacial score (nSPS) is 47.8. The van der Waals surface area contributed by atoms with E-state index in [1.165, 1.54) is 38.0 Å². The SMILES string of the molecule is OC[C-]1C2CC3CC(C2)CC1C3.[Y]. The van der Waals surface area contributed by atoms with E-state index in [1.807, 2.05) is 0 Å². The Bertz CT molecular complexity index is 165. The Balaban J connectivity index is 0.000000653. The molecule has 1 radical (unpaired) electrons. The number of aliphatic hydroxyl groups excluding tert-OH is 1. The average molecular weight is 254 g/mol. The molecule has 4 aliphatic carbocycles. The Morgan fingerprint density at radius 1 is 0.923 bits per heavy atom. The van der Waals surface area contributed by atoms with Gasteiger partial charge in [0.05, 0.1) is 0 Å². The number of rotatable bonds is 1. The van der Waals surface area contributed by atoms with E-state index in [4.69, 9.17) is 0 Å². The van der Waals surface area contributed by atoms with E-state index in [2.05, 4.69) is 0 Å². The van der Waals surface area contributed by atoms with E-state index in [0.29, 0.717) is 6.61 Å². The summed E-state index contributed by atoms with van der Waals surface area (Å²) in [6, 6.07) is 0. The van der Waals surface area contributed by atoms with E-state index in [0.717, 1.165) is 23.7 Å². The van der Waals surface area contributed by atoms with Gasteiger partial charge in [-0.15, -0.1) is 0 Å². The third-order valence-electron chi connectivity index (χ3n) is 4.37. The van der Waals surface area contributed by atoms with Crippen LogP contribution in [0.4, 0.5) is 0 Å². The molecule has 0 spiro atoms. The van der Waals surface area contributed by atoms with Gasteiger partial charge in [-0.2, -0.15) is 11.8 Å². The van der Waals surface area contributed by atoms with Gasteiger partial charge < -0.3 is 5.11 Å². The first-order valence-corrected chi connectivity index (χ1v) is 5.33. The van der Waals surface area contributed by atoms with Crippen LogP contribution in [0.25, 0.3) is 0 Å². The van der Waals surface area contributed by atoms with Crippen molar-refractivity contribution in [2.45, 2.75) is 32.1 Å². The largest absolute Gasteiger partial charge is 0.428 e. The maximum absolute atomic E-state index is 9.26. The van der Waals surface area contributed by atoms with E-state index < -0.39 is 0 Å². The molecule has 0 unspecified atom stereocenters. The molecule has 13 heavy (non-hydrogen) atoms. The first-order chi connectivity index (χ1) is 5.86. The summed E-state index contributed by atoms with van der Waals surface area (Å²) in [5.74, 6) is 5.23. The summed E-state index contributed by atoms with van der Waals surface area (Å²) in [5, 5.41) is 9.26. The molecule has 0 atom stereocenters. The van der Waals surface area contributed by atoms with Crippen molar-refractivity contribution in [3.05, 3.63) is 5.92 Å². The first kappa shape index (κ1) is 10.6. The molecule has 4 bridgehead atoms. The fraction of sp³-hybridized carbons (Fsp3) is 0.909. The standard InChI is InChI=1S/C11H17O.Y/c12-6-11-9-2-7-1-8(4-9)5-10(11)3-7;/h7-10,12H,1-6H2;/q-1;. The van der Waals surface area contributed by atoms with Crippen molar-refractivity contribution in [2.75, 3.05) is 6.61 Å². The molecule has 2 heteroatoms. The molecule has 0 aromatic rings. The zero-order valence-corrected chi connectivity index (χ0v) is 10.9. The minimum Gasteiger partial charge on any atom is -0.428 e. The van der Waals surface area contributed by atoms with Gasteiger partial charge in [-0.1, -0.05) is 32.3 Å². The quantitative estimate of drug-likeness (QED) is 0.710. The predicted molar refractivity (Wildman–Crippen MR) is 47.4 cm³/mol. The Morgan fingerprint density at radius 2 is 1.38 bits per heavy atom. The molecule has 1 nitrogen and oxygen atoms in total. The second-order valence-corrected chi connectivity index (χ2v) is 5.04. The van der Waals surface area contributed by atoms with Crippen LogP contribution in [0.1, 0.15) is 32.1 Å². The third kappa shape index (κ3) is 1.66. The van der Waals surface area contributed by atoms with Crippen LogP contribution in [0.2, 0.25) is 0 Å². The van der Waals surface area contributed by atoms with Gasteiger partial charge in [0.25, 0.3) is 0 Å². The number of aliphatic hydroxyl groups is 1. The van der Waals surface area contributed by atoms with Gasteiger partial charge in [0, 0.05) is 32.7 Å². The van der Waals surface area contributed by atoms with Crippen LogP contribution >= 0.6 is 0 Å². The molecule has 0 heterocycles. The Labute approximate surface area is 106 Å². The maximum Gasteiger partial charge on any atom is 0 e. The van der Waals surface area contributed by atoms with Crippen LogP contribution in [0.5, 0.6) is 0 Å². The van der Waals surface area contributed by atoms with E-state index in [9.17, 15) is 5.11 Å². The van der Waals surface area contributed by atoms with Gasteiger partial charge in [-0.25, -0.2) is 0 Å². The van der Waals surface area contributed by atoms with Gasteiger partial charge in [0.1, 0.15) is 0 Å². The van der Waals surface area contributed by atoms with Gasteiger partial charge in [0.2, 0.25) is 0 Å². The molecular formula is C11H17OY-. The second kappa shape index (κ2) is 3.91. The smallest absolute Gasteiger partial charge is 0 e. The van der Waals surface area contributed by atoms with Crippen LogP contribution in [0.3, 0.4) is 0 Å². The fourth-order valence-corrected chi connectivity index (χ4v) is 4.05. The van der Waals surface area contributed by atoms with Crippen LogP contribution in [-0.2, 0) is 32.7 Å². The van der Waals surface area contributed by atoms with Crippen LogP contribution < -0.4 is 0 Å². The van der Waals surface area contributed by atoms with Crippen molar-refractivity contribution in [3.63, 3.8) is 0 Å². The molecule has 0 saturated heterocycles. The molecule has 4 rings (SSSR count). The monoisotopic (exact) mass is 254 g/mol. The summed E-state index contributed by atoms with van der Waals surface area (Å²) in [5.41, 5.74) is 0. The molecule has 4 aliphatic rings. The topological polar surface area (TPSA) is 20.2 Å². The van der Waals surface area contributed by atoms with Crippen LogP contribution in [-0.4, -0.2) is 11.7 Å². The van der Waals surface area contributed by atoms with E-state index in [-0.39, 0.29) is 32.7 Å². The number of hydrogen-bond donors (Lipinski definition) is 1. The minimum absolute atomic E-state index is 0. The van der Waals surface area contributed by atoms with Crippen LogP contribution in [0.15, 0.2) is 0 Å². The summed E-state index contributed by atoms with van der Waals surface area (Å²) >= 11 is 0. The van der Waals surface area contributed by atoms with Gasteiger partial charge in [0.15, 0.2) is 0 Å². The van der Waals surface area contributed by atoms with Gasteiger partial charge in [-0.3, -0.25) is 5.92 Å². The fourth-order valence-electron chi connectivity index (χ4n) is 4.05. The Kier molecular flexibility index (Phi) is 3.18. The number of hydrogen-bond acceptors (Lipinski definition) is 1. The molecule has 1 N–H and O–H groups in total. The molecule has 0 aromatic heterocycles. The first-order valence-electron chi connectivity index (χ1n) is 5.33. The zero-order chi connectivity index (χ0) is 8.13. The van der Waals surface area contributed by atoms with Crippen molar-refractivity contribution < 1.29 is 37.8 Å². The summed E-state index contributed by atoms with van der Waals surface area (Å²) in [7, 11) is 0. The third-order valence-corrected chi connectivity index (χ3v) is 4.37. The van der Waals surface area contributed by atoms with Crippen LogP contribution in [0, 0.1) is 29.6 Å². The van der Waals surface area contributed by atoms with Crippen molar-refractivity contribution in [1.29, 1.82) is 0 Å². The molecule has 0 aliphatic heterocycles. The molecule has 4 saturated carbocycles. The summed E-state index contributed by atoms with van der Waals surface area (Å²) in [6.07, 6.45) is 7.13. The maximum atomic E-state index is 9.26. The summed E-state index contributed by atoms with van der Waals surface area (Å²) in [6.45, 7) is 0.384. The molecular weight excluding hydrogens is 237 g/mol. The Hall–Kier alpha value is 1.06. The molecule has 0 aromatic carbocycles. The minimum atomic E-state index is 0. The van der Waals surface area contributed by atoms with Gasteiger partial charge in [-0.05, 0) is 18.3 Å².